The molecular formula is C17H20BrN. The first kappa shape index (κ1) is 14.3. The molecule has 0 aromatic heterocycles. The van der Waals surface area contributed by atoms with Crippen LogP contribution < -0.4 is 5.32 Å². The van der Waals surface area contributed by atoms with Crippen LogP contribution in [0, 0.1) is 0 Å². The highest BCUT2D eigenvalue weighted by atomic mass is 79.9. The minimum atomic E-state index is 0.406. The number of aryl methyl sites for hydroxylation is 1. The predicted octanol–water partition coefficient (Wildman–Crippen LogP) is 4.73. The quantitative estimate of drug-likeness (QED) is 0.759. The molecule has 1 atom stereocenters. The van der Waals surface area contributed by atoms with Crippen molar-refractivity contribution in [2.75, 3.05) is 6.54 Å². The van der Waals surface area contributed by atoms with E-state index in [9.17, 15) is 0 Å². The molecule has 0 aliphatic heterocycles. The first-order valence-corrected chi connectivity index (χ1v) is 7.58. The molecule has 0 aliphatic carbocycles. The zero-order valence-corrected chi connectivity index (χ0v) is 12.9. The summed E-state index contributed by atoms with van der Waals surface area (Å²) in [6.07, 6.45) is 2.31. The van der Waals surface area contributed by atoms with E-state index in [1.54, 1.807) is 0 Å². The lowest BCUT2D eigenvalue weighted by atomic mass is 10.1. The van der Waals surface area contributed by atoms with Crippen LogP contribution in [0.25, 0.3) is 0 Å². The Morgan fingerprint density at radius 2 is 1.68 bits per heavy atom. The zero-order chi connectivity index (χ0) is 13.5. The van der Waals surface area contributed by atoms with Crippen LogP contribution in [0.5, 0.6) is 0 Å². The molecule has 0 aliphatic rings. The van der Waals surface area contributed by atoms with E-state index in [4.69, 9.17) is 0 Å². The van der Waals surface area contributed by atoms with E-state index in [1.165, 1.54) is 17.5 Å². The second kappa shape index (κ2) is 7.46. The minimum absolute atomic E-state index is 0.406. The van der Waals surface area contributed by atoms with Crippen LogP contribution in [0.15, 0.2) is 59.1 Å². The van der Waals surface area contributed by atoms with Gasteiger partial charge in [-0.05, 0) is 49.6 Å². The van der Waals surface area contributed by atoms with Crippen LogP contribution in [-0.4, -0.2) is 6.54 Å². The molecule has 2 aromatic rings. The van der Waals surface area contributed by atoms with E-state index in [0.717, 1.165) is 17.4 Å². The number of hydrogen-bond donors (Lipinski definition) is 1. The smallest absolute Gasteiger partial charge is 0.0291 e. The number of hydrogen-bond acceptors (Lipinski definition) is 1. The lowest BCUT2D eigenvalue weighted by Crippen LogP contribution is -2.20. The Bertz CT molecular complexity index is 478. The Balaban J connectivity index is 1.72. The van der Waals surface area contributed by atoms with Crippen LogP contribution in [0.1, 0.15) is 30.5 Å². The van der Waals surface area contributed by atoms with Crippen molar-refractivity contribution in [2.45, 2.75) is 25.8 Å². The Kier molecular flexibility index (Phi) is 5.62. The molecule has 2 heteroatoms. The van der Waals surface area contributed by atoms with Crippen molar-refractivity contribution in [1.29, 1.82) is 0 Å². The van der Waals surface area contributed by atoms with Crippen molar-refractivity contribution in [3.8, 4) is 0 Å². The summed E-state index contributed by atoms with van der Waals surface area (Å²) in [4.78, 5) is 0. The van der Waals surface area contributed by atoms with Crippen molar-refractivity contribution in [2.24, 2.45) is 0 Å². The second-order valence-corrected chi connectivity index (χ2v) is 5.73. The topological polar surface area (TPSA) is 12.0 Å². The number of halogens is 1. The molecule has 19 heavy (non-hydrogen) atoms. The van der Waals surface area contributed by atoms with Crippen molar-refractivity contribution < 1.29 is 0 Å². The van der Waals surface area contributed by atoms with Crippen molar-refractivity contribution in [3.05, 3.63) is 70.2 Å². The predicted molar refractivity (Wildman–Crippen MR) is 85.3 cm³/mol. The molecule has 0 saturated carbocycles. The average Bonchev–Trinajstić information content (AvgIpc) is 2.45. The molecule has 1 nitrogen and oxygen atoms in total. The molecule has 0 unspecified atom stereocenters. The summed E-state index contributed by atoms with van der Waals surface area (Å²) >= 11 is 3.46. The fourth-order valence-corrected chi connectivity index (χ4v) is 2.39. The molecule has 0 saturated heterocycles. The Morgan fingerprint density at radius 1 is 1.00 bits per heavy atom. The highest BCUT2D eigenvalue weighted by Gasteiger charge is 2.03. The third kappa shape index (κ3) is 4.81. The number of benzene rings is 2. The molecule has 0 fully saturated rings. The van der Waals surface area contributed by atoms with Gasteiger partial charge in [0.2, 0.25) is 0 Å². The second-order valence-electron chi connectivity index (χ2n) is 4.82. The van der Waals surface area contributed by atoms with Gasteiger partial charge in [-0.2, -0.15) is 0 Å². The van der Waals surface area contributed by atoms with E-state index >= 15 is 0 Å². The summed E-state index contributed by atoms with van der Waals surface area (Å²) in [6.45, 7) is 3.26. The fraction of sp³-hybridized carbons (Fsp3) is 0.294. The average molecular weight is 318 g/mol. The van der Waals surface area contributed by atoms with Crippen LogP contribution in [0.4, 0.5) is 0 Å². The molecule has 0 amide bonds. The lowest BCUT2D eigenvalue weighted by Gasteiger charge is -2.14. The van der Waals surface area contributed by atoms with Gasteiger partial charge in [0, 0.05) is 10.5 Å². The van der Waals surface area contributed by atoms with Crippen LogP contribution in [0.3, 0.4) is 0 Å². The summed E-state index contributed by atoms with van der Waals surface area (Å²) < 4.78 is 1.13. The minimum Gasteiger partial charge on any atom is -0.310 e. The molecule has 0 radical (unpaired) electrons. The molecule has 2 aromatic carbocycles. The first-order chi connectivity index (χ1) is 9.25. The van der Waals surface area contributed by atoms with Crippen LogP contribution >= 0.6 is 15.9 Å². The third-order valence-corrected chi connectivity index (χ3v) is 3.83. The van der Waals surface area contributed by atoms with Gasteiger partial charge in [0.25, 0.3) is 0 Å². The molecule has 0 spiro atoms. The number of rotatable bonds is 6. The van der Waals surface area contributed by atoms with E-state index in [0.29, 0.717) is 6.04 Å². The Hall–Kier alpha value is -1.12. The fourth-order valence-electron chi connectivity index (χ4n) is 2.13. The molecule has 0 bridgehead atoms. The molecular weight excluding hydrogens is 298 g/mol. The van der Waals surface area contributed by atoms with E-state index < -0.39 is 0 Å². The third-order valence-electron chi connectivity index (χ3n) is 3.31. The maximum Gasteiger partial charge on any atom is 0.0291 e. The summed E-state index contributed by atoms with van der Waals surface area (Å²) in [5.74, 6) is 0. The Morgan fingerprint density at radius 3 is 2.37 bits per heavy atom. The maximum atomic E-state index is 3.57. The van der Waals surface area contributed by atoms with Gasteiger partial charge in [0.05, 0.1) is 0 Å². The Labute approximate surface area is 124 Å². The molecule has 1 N–H and O–H groups in total. The highest BCUT2D eigenvalue weighted by molar-refractivity contribution is 9.10. The monoisotopic (exact) mass is 317 g/mol. The van der Waals surface area contributed by atoms with E-state index in [2.05, 4.69) is 82.8 Å². The standard InChI is InChI=1S/C17H20BrN/c1-14(16-9-11-17(18)12-10-16)19-13-5-8-15-6-3-2-4-7-15/h2-4,6-7,9-12,14,19H,5,8,13H2,1H3/t14-/m0/s1. The SMILES string of the molecule is C[C@H](NCCCc1ccccc1)c1ccc(Br)cc1. The number of nitrogens with one attached hydrogen (secondary N) is 1. The molecule has 100 valence electrons. The normalized spacial score (nSPS) is 12.3. The highest BCUT2D eigenvalue weighted by Crippen LogP contribution is 2.16. The first-order valence-electron chi connectivity index (χ1n) is 6.78. The van der Waals surface area contributed by atoms with Crippen molar-refractivity contribution >= 4 is 15.9 Å². The van der Waals surface area contributed by atoms with Gasteiger partial charge in [-0.25, -0.2) is 0 Å². The lowest BCUT2D eigenvalue weighted by molar-refractivity contribution is 0.558. The van der Waals surface area contributed by atoms with Gasteiger partial charge in [-0.3, -0.25) is 0 Å². The van der Waals surface area contributed by atoms with Gasteiger partial charge >= 0.3 is 0 Å². The molecule has 2 rings (SSSR count). The van der Waals surface area contributed by atoms with E-state index in [1.807, 2.05) is 0 Å². The van der Waals surface area contributed by atoms with Crippen LogP contribution in [-0.2, 0) is 6.42 Å². The van der Waals surface area contributed by atoms with Gasteiger partial charge in [-0.15, -0.1) is 0 Å². The van der Waals surface area contributed by atoms with Crippen molar-refractivity contribution in [3.63, 3.8) is 0 Å². The van der Waals surface area contributed by atoms with Crippen molar-refractivity contribution in [1.82, 2.24) is 5.32 Å². The van der Waals surface area contributed by atoms with Gasteiger partial charge in [-0.1, -0.05) is 58.4 Å². The van der Waals surface area contributed by atoms with Crippen LogP contribution in [0.2, 0.25) is 0 Å². The summed E-state index contributed by atoms with van der Waals surface area (Å²) in [6, 6.07) is 19.6. The molecule has 0 heterocycles. The van der Waals surface area contributed by atoms with E-state index in [-0.39, 0.29) is 0 Å². The summed E-state index contributed by atoms with van der Waals surface area (Å²) in [5, 5.41) is 3.57. The van der Waals surface area contributed by atoms with Gasteiger partial charge in [0.1, 0.15) is 0 Å². The summed E-state index contributed by atoms with van der Waals surface area (Å²) in [5.41, 5.74) is 2.75. The zero-order valence-electron chi connectivity index (χ0n) is 11.3. The summed E-state index contributed by atoms with van der Waals surface area (Å²) in [7, 11) is 0. The van der Waals surface area contributed by atoms with Gasteiger partial charge in [0.15, 0.2) is 0 Å². The largest absolute Gasteiger partial charge is 0.310 e. The maximum absolute atomic E-state index is 3.57. The van der Waals surface area contributed by atoms with Gasteiger partial charge < -0.3 is 5.32 Å².